The highest BCUT2D eigenvalue weighted by atomic mass is 16.5. The number of aliphatic hydroxyl groups is 1. The van der Waals surface area contributed by atoms with Crippen LogP contribution >= 0.6 is 0 Å². The van der Waals surface area contributed by atoms with Crippen LogP contribution < -0.4 is 4.74 Å². The van der Waals surface area contributed by atoms with Crippen molar-refractivity contribution >= 4 is 0 Å². The minimum absolute atomic E-state index is 0.629. The van der Waals surface area contributed by atoms with Crippen molar-refractivity contribution < 1.29 is 9.84 Å². The van der Waals surface area contributed by atoms with Gasteiger partial charge in [0.25, 0.3) is 0 Å². The molecule has 0 bridgehead atoms. The molecule has 3 heterocycles. The molecule has 5 rings (SSSR count). The maximum Gasteiger partial charge on any atom is 0.123 e. The topological polar surface area (TPSA) is 63.4 Å². The summed E-state index contributed by atoms with van der Waals surface area (Å²) >= 11 is 0. The quantitative estimate of drug-likeness (QED) is 0.541. The Balaban J connectivity index is 1.33. The van der Waals surface area contributed by atoms with Gasteiger partial charge < -0.3 is 9.84 Å². The predicted octanol–water partition coefficient (Wildman–Crippen LogP) is 3.74. The van der Waals surface area contributed by atoms with Gasteiger partial charge in [0.2, 0.25) is 0 Å². The van der Waals surface area contributed by atoms with Crippen molar-refractivity contribution in [3.05, 3.63) is 108 Å². The van der Waals surface area contributed by atoms with E-state index in [1.807, 2.05) is 71.5 Å². The molecular weight excluding hydrogens is 388 g/mol. The monoisotopic (exact) mass is 412 g/mol. The number of pyridine rings is 1. The molecule has 1 aliphatic rings. The van der Waals surface area contributed by atoms with Gasteiger partial charge in [-0.05, 0) is 35.9 Å². The van der Waals surface area contributed by atoms with E-state index >= 15 is 0 Å². The Morgan fingerprint density at radius 1 is 1.00 bits per heavy atom. The van der Waals surface area contributed by atoms with Crippen molar-refractivity contribution in [3.8, 4) is 11.4 Å². The van der Waals surface area contributed by atoms with Crippen LogP contribution in [0.25, 0.3) is 5.69 Å². The van der Waals surface area contributed by atoms with Crippen LogP contribution in [0.1, 0.15) is 28.4 Å². The molecule has 6 heteroatoms. The Kier molecular flexibility index (Phi) is 5.48. The molecule has 31 heavy (non-hydrogen) atoms. The van der Waals surface area contributed by atoms with Gasteiger partial charge in [0.05, 0.1) is 11.9 Å². The molecule has 0 radical (unpaired) electrons. The van der Waals surface area contributed by atoms with E-state index in [0.717, 1.165) is 53.3 Å². The highest BCUT2D eigenvalue weighted by molar-refractivity contribution is 5.41. The van der Waals surface area contributed by atoms with E-state index in [2.05, 4.69) is 21.2 Å². The molecule has 1 unspecified atom stereocenters. The van der Waals surface area contributed by atoms with Crippen LogP contribution in [0.5, 0.6) is 5.75 Å². The second-order valence-electron chi connectivity index (χ2n) is 7.74. The summed E-state index contributed by atoms with van der Waals surface area (Å²) in [6, 6.07) is 19.8. The van der Waals surface area contributed by atoms with Crippen LogP contribution in [0.15, 0.2) is 85.5 Å². The number of fused-ring (bicyclic) bond motifs is 1. The third-order valence-corrected chi connectivity index (χ3v) is 5.52. The highest BCUT2D eigenvalue weighted by Gasteiger charge is 2.19. The molecule has 1 atom stereocenters. The molecule has 2 aromatic heterocycles. The van der Waals surface area contributed by atoms with Gasteiger partial charge in [-0.15, -0.1) is 0 Å². The van der Waals surface area contributed by atoms with E-state index in [4.69, 9.17) is 4.74 Å². The zero-order valence-corrected chi connectivity index (χ0v) is 17.1. The number of aliphatic hydroxyl groups excluding tert-OH is 1. The van der Waals surface area contributed by atoms with Gasteiger partial charge in [-0.2, -0.15) is 5.10 Å². The number of aromatic nitrogens is 3. The summed E-state index contributed by atoms with van der Waals surface area (Å²) < 4.78 is 7.88. The molecule has 0 aliphatic carbocycles. The Morgan fingerprint density at radius 3 is 2.74 bits per heavy atom. The van der Waals surface area contributed by atoms with Gasteiger partial charge in [0.1, 0.15) is 18.5 Å². The molecular formula is C25H24N4O2. The van der Waals surface area contributed by atoms with Crippen molar-refractivity contribution in [2.75, 3.05) is 13.2 Å². The summed E-state index contributed by atoms with van der Waals surface area (Å²) in [5.41, 5.74) is 4.90. The first-order valence-corrected chi connectivity index (χ1v) is 10.4. The van der Waals surface area contributed by atoms with E-state index in [1.54, 1.807) is 12.4 Å². The van der Waals surface area contributed by atoms with Gasteiger partial charge in [0, 0.05) is 54.9 Å². The fourth-order valence-electron chi connectivity index (χ4n) is 3.93. The standard InChI is InChI=1S/C25H24N4O2/c30-25(21-5-4-10-26-15-21)20-8-9-24-22(13-20)18-28(11-12-31-24)16-19-14-27-29(17-19)23-6-2-1-3-7-23/h1-10,13-15,17,25,30H,11-12,16,18H2. The molecule has 156 valence electrons. The minimum Gasteiger partial charge on any atom is -0.492 e. The van der Waals surface area contributed by atoms with Crippen LogP contribution in [0.4, 0.5) is 0 Å². The van der Waals surface area contributed by atoms with E-state index in [0.29, 0.717) is 6.61 Å². The Hall–Kier alpha value is -3.48. The second-order valence-corrected chi connectivity index (χ2v) is 7.74. The number of ether oxygens (including phenoxy) is 1. The summed E-state index contributed by atoms with van der Waals surface area (Å²) in [5.74, 6) is 0.879. The Morgan fingerprint density at radius 2 is 1.90 bits per heavy atom. The van der Waals surface area contributed by atoms with Crippen LogP contribution in [0.3, 0.4) is 0 Å². The maximum absolute atomic E-state index is 10.8. The Labute approximate surface area is 181 Å². The van der Waals surface area contributed by atoms with Gasteiger partial charge in [-0.1, -0.05) is 30.3 Å². The lowest BCUT2D eigenvalue weighted by Crippen LogP contribution is -2.25. The minimum atomic E-state index is -0.709. The normalized spacial score (nSPS) is 15.0. The molecule has 4 aromatic rings. The van der Waals surface area contributed by atoms with E-state index < -0.39 is 6.10 Å². The summed E-state index contributed by atoms with van der Waals surface area (Å²) in [6.45, 7) is 2.99. The van der Waals surface area contributed by atoms with E-state index in [9.17, 15) is 5.11 Å². The molecule has 2 aromatic carbocycles. The van der Waals surface area contributed by atoms with Crippen molar-refractivity contribution in [2.24, 2.45) is 0 Å². The average molecular weight is 412 g/mol. The van der Waals surface area contributed by atoms with Crippen molar-refractivity contribution in [1.82, 2.24) is 19.7 Å². The fraction of sp³-hybridized carbons (Fsp3) is 0.200. The van der Waals surface area contributed by atoms with Gasteiger partial charge >= 0.3 is 0 Å². The van der Waals surface area contributed by atoms with Crippen molar-refractivity contribution in [3.63, 3.8) is 0 Å². The summed E-state index contributed by atoms with van der Waals surface area (Å²) in [4.78, 5) is 6.46. The van der Waals surface area contributed by atoms with E-state index in [1.165, 1.54) is 0 Å². The molecule has 0 amide bonds. The lowest BCUT2D eigenvalue weighted by molar-refractivity contribution is 0.218. The lowest BCUT2D eigenvalue weighted by atomic mass is 10.00. The molecule has 1 N–H and O–H groups in total. The van der Waals surface area contributed by atoms with Gasteiger partial charge in [0.15, 0.2) is 0 Å². The fourth-order valence-corrected chi connectivity index (χ4v) is 3.93. The number of benzene rings is 2. The number of hydrogen-bond acceptors (Lipinski definition) is 5. The first-order valence-electron chi connectivity index (χ1n) is 10.4. The molecule has 0 saturated carbocycles. The van der Waals surface area contributed by atoms with Crippen molar-refractivity contribution in [2.45, 2.75) is 19.2 Å². The molecule has 6 nitrogen and oxygen atoms in total. The predicted molar refractivity (Wildman–Crippen MR) is 118 cm³/mol. The third-order valence-electron chi connectivity index (χ3n) is 5.52. The van der Waals surface area contributed by atoms with Crippen LogP contribution in [-0.4, -0.2) is 37.9 Å². The highest BCUT2D eigenvalue weighted by Crippen LogP contribution is 2.29. The van der Waals surface area contributed by atoms with Crippen molar-refractivity contribution in [1.29, 1.82) is 0 Å². The number of rotatable bonds is 5. The summed E-state index contributed by atoms with van der Waals surface area (Å²) in [7, 11) is 0. The first-order chi connectivity index (χ1) is 15.3. The first kappa shape index (κ1) is 19.5. The average Bonchev–Trinajstić information content (AvgIpc) is 3.19. The SMILES string of the molecule is OC(c1cccnc1)c1ccc2c(c1)CN(Cc1cnn(-c3ccccc3)c1)CCO2. The van der Waals surface area contributed by atoms with Gasteiger partial charge in [-0.3, -0.25) is 9.88 Å². The third kappa shape index (κ3) is 4.35. The number of para-hydroxylation sites is 1. The smallest absolute Gasteiger partial charge is 0.123 e. The van der Waals surface area contributed by atoms with Crippen LogP contribution in [0, 0.1) is 0 Å². The zero-order chi connectivity index (χ0) is 21.0. The van der Waals surface area contributed by atoms with E-state index in [-0.39, 0.29) is 0 Å². The molecule has 0 saturated heterocycles. The zero-order valence-electron chi connectivity index (χ0n) is 17.1. The molecule has 0 fully saturated rings. The Bertz CT molecular complexity index is 1140. The maximum atomic E-state index is 10.8. The number of nitrogens with zero attached hydrogens (tertiary/aromatic N) is 4. The summed E-state index contributed by atoms with van der Waals surface area (Å²) in [5, 5.41) is 15.3. The van der Waals surface area contributed by atoms with Crippen LogP contribution in [0.2, 0.25) is 0 Å². The largest absolute Gasteiger partial charge is 0.492 e. The second kappa shape index (κ2) is 8.71. The summed E-state index contributed by atoms with van der Waals surface area (Å²) in [6.07, 6.45) is 6.69. The number of hydrogen-bond donors (Lipinski definition) is 1. The molecule has 0 spiro atoms. The van der Waals surface area contributed by atoms with Gasteiger partial charge in [-0.25, -0.2) is 4.68 Å². The van der Waals surface area contributed by atoms with Crippen LogP contribution in [-0.2, 0) is 13.1 Å². The lowest BCUT2D eigenvalue weighted by Gasteiger charge is -2.19. The molecule has 1 aliphatic heterocycles.